The Morgan fingerprint density at radius 2 is 1.67 bits per heavy atom. The molecular weight excluding hydrogens is 264 g/mol. The van der Waals surface area contributed by atoms with Gasteiger partial charge in [0.1, 0.15) is 5.54 Å². The molecule has 0 spiro atoms. The lowest BCUT2D eigenvalue weighted by molar-refractivity contribution is -0.127. The first-order valence-corrected chi connectivity index (χ1v) is 6.82. The molecule has 21 heavy (non-hydrogen) atoms. The number of hydrogen-bond donors (Lipinski definition) is 2. The molecule has 4 heteroatoms. The highest BCUT2D eigenvalue weighted by Crippen LogP contribution is 2.22. The highest BCUT2D eigenvalue weighted by molar-refractivity contribution is 5.86. The summed E-state index contributed by atoms with van der Waals surface area (Å²) in [6.45, 7) is 0.710. The summed E-state index contributed by atoms with van der Waals surface area (Å²) in [4.78, 5) is 12.1. The fourth-order valence-electron chi connectivity index (χ4n) is 2.32. The lowest BCUT2D eigenvalue weighted by Crippen LogP contribution is -2.55. The molecule has 0 saturated carbocycles. The Bertz CT molecular complexity index is 572. The van der Waals surface area contributed by atoms with Crippen molar-refractivity contribution in [1.29, 1.82) is 0 Å². The predicted octanol–water partition coefficient (Wildman–Crippen LogP) is 1.80. The van der Waals surface area contributed by atoms with E-state index >= 15 is 0 Å². The van der Waals surface area contributed by atoms with Gasteiger partial charge in [-0.1, -0.05) is 60.7 Å². The maximum absolute atomic E-state index is 12.1. The molecule has 0 aliphatic rings. The summed E-state index contributed by atoms with van der Waals surface area (Å²) in [7, 11) is 1.56. The minimum Gasteiger partial charge on any atom is -0.382 e. The Kier molecular flexibility index (Phi) is 5.09. The molecule has 0 heterocycles. The molecule has 0 aliphatic heterocycles. The third kappa shape index (κ3) is 3.48. The van der Waals surface area contributed by atoms with Crippen molar-refractivity contribution in [2.24, 2.45) is 5.73 Å². The number of benzene rings is 2. The summed E-state index contributed by atoms with van der Waals surface area (Å²) in [5.41, 5.74) is 6.52. The fourth-order valence-corrected chi connectivity index (χ4v) is 2.32. The predicted molar refractivity (Wildman–Crippen MR) is 82.5 cm³/mol. The van der Waals surface area contributed by atoms with E-state index in [0.717, 1.165) is 11.1 Å². The largest absolute Gasteiger partial charge is 0.382 e. The van der Waals surface area contributed by atoms with Crippen molar-refractivity contribution in [2.75, 3.05) is 13.7 Å². The Hall–Kier alpha value is -2.17. The second kappa shape index (κ2) is 7.02. The van der Waals surface area contributed by atoms with Crippen LogP contribution in [0.25, 0.3) is 0 Å². The van der Waals surface area contributed by atoms with E-state index in [1.54, 1.807) is 7.11 Å². The monoisotopic (exact) mass is 284 g/mol. The zero-order valence-electron chi connectivity index (χ0n) is 12.1. The van der Waals surface area contributed by atoms with Crippen LogP contribution in [0.2, 0.25) is 0 Å². The van der Waals surface area contributed by atoms with E-state index in [1.165, 1.54) is 0 Å². The van der Waals surface area contributed by atoms with E-state index in [1.807, 2.05) is 60.7 Å². The van der Waals surface area contributed by atoms with E-state index in [0.29, 0.717) is 6.54 Å². The van der Waals surface area contributed by atoms with Gasteiger partial charge in [-0.2, -0.15) is 0 Å². The van der Waals surface area contributed by atoms with Crippen molar-refractivity contribution in [3.05, 3.63) is 71.8 Å². The molecule has 1 amide bonds. The number of carbonyl (C=O) groups is 1. The molecule has 0 bridgehead atoms. The zero-order chi connectivity index (χ0) is 15.1. The second-order valence-corrected chi connectivity index (χ2v) is 4.91. The first-order valence-electron chi connectivity index (χ1n) is 6.82. The van der Waals surface area contributed by atoms with E-state index in [4.69, 9.17) is 10.5 Å². The van der Waals surface area contributed by atoms with E-state index < -0.39 is 11.4 Å². The van der Waals surface area contributed by atoms with E-state index in [-0.39, 0.29) is 6.61 Å². The average molecular weight is 284 g/mol. The molecule has 2 aromatic rings. The number of hydrogen-bond acceptors (Lipinski definition) is 3. The Balaban J connectivity index is 2.29. The van der Waals surface area contributed by atoms with Gasteiger partial charge in [0.15, 0.2) is 0 Å². The number of ether oxygens (including phenoxy) is 1. The Morgan fingerprint density at radius 3 is 2.19 bits per heavy atom. The molecule has 0 fully saturated rings. The smallest absolute Gasteiger partial charge is 0.244 e. The van der Waals surface area contributed by atoms with E-state index in [9.17, 15) is 4.79 Å². The van der Waals surface area contributed by atoms with Crippen LogP contribution in [0.3, 0.4) is 0 Å². The van der Waals surface area contributed by atoms with Crippen LogP contribution in [0.5, 0.6) is 0 Å². The SMILES string of the molecule is COCC(NCc1ccccc1)(C(N)=O)c1ccccc1. The van der Waals surface area contributed by atoms with Gasteiger partial charge < -0.3 is 10.5 Å². The van der Waals surface area contributed by atoms with Crippen LogP contribution in [0.15, 0.2) is 60.7 Å². The molecule has 4 nitrogen and oxygen atoms in total. The Morgan fingerprint density at radius 1 is 1.10 bits per heavy atom. The summed E-state index contributed by atoms with van der Waals surface area (Å²) in [5, 5.41) is 3.27. The lowest BCUT2D eigenvalue weighted by atomic mass is 9.89. The lowest BCUT2D eigenvalue weighted by Gasteiger charge is -2.31. The highest BCUT2D eigenvalue weighted by Gasteiger charge is 2.38. The quantitative estimate of drug-likeness (QED) is 0.815. The molecule has 2 rings (SSSR count). The third-order valence-corrected chi connectivity index (χ3v) is 3.49. The number of nitrogens with one attached hydrogen (secondary N) is 1. The summed E-state index contributed by atoms with van der Waals surface area (Å²) >= 11 is 0. The van der Waals surface area contributed by atoms with Crippen molar-refractivity contribution in [3.8, 4) is 0 Å². The number of rotatable bonds is 7. The highest BCUT2D eigenvalue weighted by atomic mass is 16.5. The van der Waals surface area contributed by atoms with Crippen LogP contribution in [-0.4, -0.2) is 19.6 Å². The Labute approximate surface area is 124 Å². The molecule has 0 saturated heterocycles. The maximum Gasteiger partial charge on any atom is 0.244 e. The van der Waals surface area contributed by atoms with Crippen LogP contribution in [0, 0.1) is 0 Å². The minimum absolute atomic E-state index is 0.180. The fraction of sp³-hybridized carbons (Fsp3) is 0.235. The van der Waals surface area contributed by atoms with Gasteiger partial charge in [-0.3, -0.25) is 10.1 Å². The average Bonchev–Trinajstić information content (AvgIpc) is 2.53. The van der Waals surface area contributed by atoms with Crippen molar-refractivity contribution < 1.29 is 9.53 Å². The number of carbonyl (C=O) groups excluding carboxylic acids is 1. The van der Waals surface area contributed by atoms with E-state index in [2.05, 4.69) is 5.32 Å². The van der Waals surface area contributed by atoms with Crippen molar-refractivity contribution in [3.63, 3.8) is 0 Å². The van der Waals surface area contributed by atoms with Crippen molar-refractivity contribution in [1.82, 2.24) is 5.32 Å². The van der Waals surface area contributed by atoms with Crippen molar-refractivity contribution in [2.45, 2.75) is 12.1 Å². The molecule has 110 valence electrons. The van der Waals surface area contributed by atoms with Crippen LogP contribution in [-0.2, 0) is 21.6 Å². The zero-order valence-corrected chi connectivity index (χ0v) is 12.1. The molecule has 1 atom stereocenters. The molecular formula is C17H20N2O2. The number of primary amides is 1. The van der Waals surface area contributed by atoms with Gasteiger partial charge >= 0.3 is 0 Å². The number of nitrogens with two attached hydrogens (primary N) is 1. The number of amides is 1. The molecule has 0 aliphatic carbocycles. The van der Waals surface area contributed by atoms with Gasteiger partial charge in [0.2, 0.25) is 5.91 Å². The molecule has 2 aromatic carbocycles. The minimum atomic E-state index is -1.04. The first-order chi connectivity index (χ1) is 10.2. The van der Waals surface area contributed by atoms with Gasteiger partial charge in [-0.15, -0.1) is 0 Å². The summed E-state index contributed by atoms with van der Waals surface area (Å²) in [5.74, 6) is -0.452. The normalized spacial score (nSPS) is 13.6. The second-order valence-electron chi connectivity index (χ2n) is 4.91. The molecule has 0 radical (unpaired) electrons. The molecule has 1 unspecified atom stereocenters. The first kappa shape index (κ1) is 15.2. The maximum atomic E-state index is 12.1. The summed E-state index contributed by atoms with van der Waals surface area (Å²) in [6.07, 6.45) is 0. The van der Waals surface area contributed by atoms with Gasteiger partial charge in [-0.05, 0) is 11.1 Å². The topological polar surface area (TPSA) is 64.3 Å². The number of methoxy groups -OCH3 is 1. The van der Waals surface area contributed by atoms with Crippen LogP contribution >= 0.6 is 0 Å². The van der Waals surface area contributed by atoms with Crippen molar-refractivity contribution >= 4 is 5.91 Å². The summed E-state index contributed by atoms with van der Waals surface area (Å²) in [6, 6.07) is 19.3. The van der Waals surface area contributed by atoms with Crippen LogP contribution < -0.4 is 11.1 Å². The molecule has 3 N–H and O–H groups in total. The van der Waals surface area contributed by atoms with Gasteiger partial charge in [-0.25, -0.2) is 0 Å². The summed E-state index contributed by atoms with van der Waals surface area (Å²) < 4.78 is 5.25. The van der Waals surface area contributed by atoms with Gasteiger partial charge in [0.25, 0.3) is 0 Å². The standard InChI is InChI=1S/C17H20N2O2/c1-21-13-17(16(18)20,15-10-6-3-7-11-15)19-12-14-8-4-2-5-9-14/h2-11,19H,12-13H2,1H3,(H2,18,20). The van der Waals surface area contributed by atoms with Crippen LogP contribution in [0.1, 0.15) is 11.1 Å². The third-order valence-electron chi connectivity index (χ3n) is 3.49. The van der Waals surface area contributed by atoms with Gasteiger partial charge in [0, 0.05) is 13.7 Å². The molecule has 0 aromatic heterocycles. The van der Waals surface area contributed by atoms with Gasteiger partial charge in [0.05, 0.1) is 6.61 Å². The van der Waals surface area contributed by atoms with Crippen LogP contribution in [0.4, 0.5) is 0 Å².